The average Bonchev–Trinajstić information content (AvgIpc) is 2.71. The molecule has 0 saturated heterocycles. The van der Waals surface area contributed by atoms with E-state index in [1.165, 1.54) is 19.2 Å². The van der Waals surface area contributed by atoms with Crippen molar-refractivity contribution in [2.45, 2.75) is 25.8 Å². The highest BCUT2D eigenvalue weighted by atomic mass is 16.5. The molecule has 2 aromatic carbocycles. The van der Waals surface area contributed by atoms with Crippen LogP contribution in [0.5, 0.6) is 17.2 Å². The molecule has 0 aromatic heterocycles. The van der Waals surface area contributed by atoms with Gasteiger partial charge in [0.2, 0.25) is 5.91 Å². The summed E-state index contributed by atoms with van der Waals surface area (Å²) in [5.74, 6) is -1.18. The maximum atomic E-state index is 13.1. The van der Waals surface area contributed by atoms with E-state index >= 15 is 0 Å². The SMILES string of the molecule is CCc1c(O)cc(O)c(C(=O)c2ccc(OC)cc2)c1CC(=O)NC(CO)CO. The van der Waals surface area contributed by atoms with E-state index in [2.05, 4.69) is 5.32 Å². The third-order valence-electron chi connectivity index (χ3n) is 4.58. The van der Waals surface area contributed by atoms with Crippen LogP contribution in [0.25, 0.3) is 0 Å². The summed E-state index contributed by atoms with van der Waals surface area (Å²) in [5, 5.41) is 41.3. The largest absolute Gasteiger partial charge is 0.508 e. The topological polar surface area (TPSA) is 136 Å². The first kappa shape index (κ1) is 22.2. The van der Waals surface area contributed by atoms with Crippen LogP contribution in [0.3, 0.4) is 0 Å². The van der Waals surface area contributed by atoms with Gasteiger partial charge >= 0.3 is 0 Å². The highest BCUT2D eigenvalue weighted by Gasteiger charge is 2.25. The number of aliphatic hydroxyl groups is 2. The second-order valence-corrected chi connectivity index (χ2v) is 6.46. The summed E-state index contributed by atoms with van der Waals surface area (Å²) in [6.07, 6.45) is -0.0000902. The summed E-state index contributed by atoms with van der Waals surface area (Å²) in [6.45, 7) is 0.844. The van der Waals surface area contributed by atoms with E-state index < -0.39 is 36.7 Å². The van der Waals surface area contributed by atoms with Crippen LogP contribution >= 0.6 is 0 Å². The molecule has 0 atom stereocenters. The Bertz CT molecular complexity index is 874. The molecule has 0 radical (unpaired) electrons. The predicted octanol–water partition coefficient (Wildman–Crippen LogP) is 0.912. The van der Waals surface area contributed by atoms with Crippen molar-refractivity contribution in [3.05, 3.63) is 52.6 Å². The van der Waals surface area contributed by atoms with Gasteiger partial charge in [-0.25, -0.2) is 0 Å². The van der Waals surface area contributed by atoms with E-state index in [9.17, 15) is 19.8 Å². The van der Waals surface area contributed by atoms with Crippen molar-refractivity contribution in [1.29, 1.82) is 0 Å². The van der Waals surface area contributed by atoms with Gasteiger partial charge in [0.1, 0.15) is 17.2 Å². The zero-order chi connectivity index (χ0) is 21.6. The zero-order valence-corrected chi connectivity index (χ0v) is 16.3. The third kappa shape index (κ3) is 5.04. The number of ether oxygens (including phenoxy) is 1. The Morgan fingerprint density at radius 1 is 1.03 bits per heavy atom. The fourth-order valence-electron chi connectivity index (χ4n) is 3.07. The number of methoxy groups -OCH3 is 1. The molecule has 29 heavy (non-hydrogen) atoms. The van der Waals surface area contributed by atoms with Crippen LogP contribution in [0.15, 0.2) is 30.3 Å². The summed E-state index contributed by atoms with van der Waals surface area (Å²) in [6, 6.07) is 6.52. The molecule has 8 nitrogen and oxygen atoms in total. The lowest BCUT2D eigenvalue weighted by Crippen LogP contribution is -2.41. The number of phenolic OH excluding ortho intramolecular Hbond substituents is 2. The highest BCUT2D eigenvalue weighted by molar-refractivity contribution is 6.12. The monoisotopic (exact) mass is 403 g/mol. The first-order valence-corrected chi connectivity index (χ1v) is 9.12. The molecule has 8 heteroatoms. The summed E-state index contributed by atoms with van der Waals surface area (Å²) in [4.78, 5) is 25.5. The molecule has 0 heterocycles. The van der Waals surface area contributed by atoms with E-state index in [0.29, 0.717) is 17.7 Å². The number of rotatable bonds is 9. The Labute approximate surface area is 168 Å². The molecule has 0 unspecified atom stereocenters. The molecule has 0 fully saturated rings. The molecular weight excluding hydrogens is 378 g/mol. The number of benzene rings is 2. The van der Waals surface area contributed by atoms with Gasteiger partial charge in [-0.1, -0.05) is 6.92 Å². The van der Waals surface area contributed by atoms with Crippen molar-refractivity contribution in [1.82, 2.24) is 5.32 Å². The molecule has 156 valence electrons. The Morgan fingerprint density at radius 2 is 1.66 bits per heavy atom. The number of phenols is 2. The van der Waals surface area contributed by atoms with E-state index in [0.717, 1.165) is 6.07 Å². The van der Waals surface area contributed by atoms with Gasteiger partial charge in [-0.05, 0) is 41.8 Å². The number of nitrogens with one attached hydrogen (secondary N) is 1. The van der Waals surface area contributed by atoms with Crippen LogP contribution in [0.4, 0.5) is 0 Å². The van der Waals surface area contributed by atoms with E-state index in [4.69, 9.17) is 14.9 Å². The molecule has 2 aromatic rings. The summed E-state index contributed by atoms with van der Waals surface area (Å²) in [5.41, 5.74) is 0.751. The van der Waals surface area contributed by atoms with Gasteiger partial charge in [0.15, 0.2) is 5.78 Å². The molecule has 0 aliphatic heterocycles. The first-order chi connectivity index (χ1) is 13.9. The second kappa shape index (κ2) is 9.90. The molecular formula is C21H25NO7. The molecule has 0 aliphatic rings. The fraction of sp³-hybridized carbons (Fsp3) is 0.333. The van der Waals surface area contributed by atoms with Crippen LogP contribution in [0, 0.1) is 0 Å². The molecule has 0 aliphatic carbocycles. The van der Waals surface area contributed by atoms with Crippen LogP contribution in [0.1, 0.15) is 34.0 Å². The Balaban J connectivity index is 2.50. The van der Waals surface area contributed by atoms with Crippen molar-refractivity contribution < 1.29 is 34.8 Å². The minimum absolute atomic E-state index is 0.0792. The lowest BCUT2D eigenvalue weighted by molar-refractivity contribution is -0.121. The molecule has 0 spiro atoms. The van der Waals surface area contributed by atoms with E-state index in [1.54, 1.807) is 19.1 Å². The molecule has 0 bridgehead atoms. The van der Waals surface area contributed by atoms with Crippen LogP contribution in [0.2, 0.25) is 0 Å². The van der Waals surface area contributed by atoms with Crippen molar-refractivity contribution in [3.63, 3.8) is 0 Å². The van der Waals surface area contributed by atoms with Gasteiger partial charge in [-0.3, -0.25) is 9.59 Å². The molecule has 1 amide bonds. The summed E-state index contributed by atoms with van der Waals surface area (Å²) < 4.78 is 5.08. The van der Waals surface area contributed by atoms with E-state index in [-0.39, 0.29) is 28.9 Å². The Kier molecular flexibility index (Phi) is 7.58. The number of aromatic hydroxyl groups is 2. The average molecular weight is 403 g/mol. The lowest BCUT2D eigenvalue weighted by Gasteiger charge is -2.18. The van der Waals surface area contributed by atoms with Gasteiger partial charge in [-0.2, -0.15) is 0 Å². The third-order valence-corrected chi connectivity index (χ3v) is 4.58. The smallest absolute Gasteiger partial charge is 0.224 e. The number of amides is 1. The number of carbonyl (C=O) groups is 2. The number of aliphatic hydroxyl groups excluding tert-OH is 2. The van der Waals surface area contributed by atoms with Crippen LogP contribution in [-0.2, 0) is 17.6 Å². The standard InChI is InChI=1S/C21H25NO7/c1-3-15-16(8-19(27)22-13(10-23)11-24)20(18(26)9-17(15)25)21(28)12-4-6-14(29-2)7-5-12/h4-7,9,13,23-26H,3,8,10-11H2,1-2H3,(H,22,27). The maximum absolute atomic E-state index is 13.1. The normalized spacial score (nSPS) is 10.8. The summed E-state index contributed by atoms with van der Waals surface area (Å²) >= 11 is 0. The predicted molar refractivity (Wildman–Crippen MR) is 105 cm³/mol. The maximum Gasteiger partial charge on any atom is 0.224 e. The van der Waals surface area contributed by atoms with Gasteiger partial charge in [0.25, 0.3) is 0 Å². The quantitative estimate of drug-likeness (QED) is 0.393. The van der Waals surface area contributed by atoms with Crippen molar-refractivity contribution in [2.75, 3.05) is 20.3 Å². The Morgan fingerprint density at radius 3 is 2.17 bits per heavy atom. The second-order valence-electron chi connectivity index (χ2n) is 6.46. The van der Waals surface area contributed by atoms with Gasteiger partial charge in [0.05, 0.1) is 38.3 Å². The number of ketones is 1. The number of carbonyl (C=O) groups excluding carboxylic acids is 2. The van der Waals surface area contributed by atoms with Crippen LogP contribution in [-0.4, -0.2) is 58.5 Å². The minimum atomic E-state index is -0.848. The van der Waals surface area contributed by atoms with Crippen molar-refractivity contribution >= 4 is 11.7 Å². The van der Waals surface area contributed by atoms with Gasteiger partial charge in [0, 0.05) is 11.6 Å². The number of hydrogen-bond acceptors (Lipinski definition) is 7. The summed E-state index contributed by atoms with van der Waals surface area (Å²) in [7, 11) is 1.50. The van der Waals surface area contributed by atoms with E-state index in [1.807, 2.05) is 0 Å². The van der Waals surface area contributed by atoms with Crippen molar-refractivity contribution in [2.24, 2.45) is 0 Å². The Hall–Kier alpha value is -3.10. The van der Waals surface area contributed by atoms with Crippen molar-refractivity contribution in [3.8, 4) is 17.2 Å². The van der Waals surface area contributed by atoms with Gasteiger partial charge < -0.3 is 30.5 Å². The lowest BCUT2D eigenvalue weighted by atomic mass is 9.90. The molecule has 0 saturated carbocycles. The highest BCUT2D eigenvalue weighted by Crippen LogP contribution is 2.35. The fourth-order valence-corrected chi connectivity index (χ4v) is 3.07. The zero-order valence-electron chi connectivity index (χ0n) is 16.3. The van der Waals surface area contributed by atoms with Gasteiger partial charge in [-0.15, -0.1) is 0 Å². The first-order valence-electron chi connectivity index (χ1n) is 9.12. The molecule has 2 rings (SSSR count). The minimum Gasteiger partial charge on any atom is -0.508 e. The van der Waals surface area contributed by atoms with Crippen LogP contribution < -0.4 is 10.1 Å². The molecule has 5 N–H and O–H groups in total. The number of hydrogen-bond donors (Lipinski definition) is 5.